The maximum atomic E-state index is 13.5. The van der Waals surface area contributed by atoms with Crippen LogP contribution in [0.1, 0.15) is 28.4 Å². The second kappa shape index (κ2) is 14.7. The lowest BCUT2D eigenvalue weighted by Gasteiger charge is -2.14. The van der Waals surface area contributed by atoms with Crippen molar-refractivity contribution >= 4 is 58.0 Å². The molecule has 1 unspecified atom stereocenters. The van der Waals surface area contributed by atoms with Crippen LogP contribution in [-0.2, 0) is 9.59 Å². The summed E-state index contributed by atoms with van der Waals surface area (Å²) in [7, 11) is 0. The van der Waals surface area contributed by atoms with Gasteiger partial charge in [-0.25, -0.2) is 4.98 Å². The Kier molecular flexibility index (Phi) is 9.78. The Morgan fingerprint density at radius 1 is 0.771 bits per heavy atom. The number of benzene rings is 5. The van der Waals surface area contributed by atoms with Crippen molar-refractivity contribution in [1.82, 2.24) is 10.3 Å². The summed E-state index contributed by atoms with van der Waals surface area (Å²) >= 11 is 1.36. The minimum Gasteiger partial charge on any atom is -0.436 e. The van der Waals surface area contributed by atoms with E-state index >= 15 is 0 Å². The van der Waals surface area contributed by atoms with Gasteiger partial charge in [-0.05, 0) is 92.2 Å². The molecule has 6 rings (SSSR count). The van der Waals surface area contributed by atoms with Crippen LogP contribution in [0.2, 0.25) is 0 Å². The van der Waals surface area contributed by atoms with E-state index in [0.717, 1.165) is 27.1 Å². The lowest BCUT2D eigenvalue weighted by atomic mass is 10.1. The van der Waals surface area contributed by atoms with Crippen LogP contribution in [0.25, 0.3) is 28.6 Å². The molecule has 3 amide bonds. The average molecular weight is 653 g/mol. The van der Waals surface area contributed by atoms with Gasteiger partial charge in [0.25, 0.3) is 11.8 Å². The summed E-state index contributed by atoms with van der Waals surface area (Å²) in [4.78, 5) is 44.9. The molecule has 0 aliphatic rings. The molecule has 6 aromatic rings. The molecule has 0 aliphatic heterocycles. The molecule has 1 aromatic heterocycles. The summed E-state index contributed by atoms with van der Waals surface area (Å²) < 4.78 is 5.84. The molecule has 9 heteroatoms. The van der Waals surface area contributed by atoms with Gasteiger partial charge in [-0.1, -0.05) is 66.2 Å². The molecule has 0 saturated heterocycles. The number of carbonyl (C=O) groups excluding carboxylic acids is 3. The molecule has 1 atom stereocenters. The normalized spacial score (nSPS) is 11.9. The number of thioether (sulfide) groups is 1. The summed E-state index contributed by atoms with van der Waals surface area (Å²) in [6, 6.07) is 38.5. The Hall–Kier alpha value is -5.93. The fourth-order valence-electron chi connectivity index (χ4n) is 4.91. The lowest BCUT2D eigenvalue weighted by molar-refractivity contribution is -0.115. The van der Waals surface area contributed by atoms with E-state index in [1.54, 1.807) is 48.5 Å². The summed E-state index contributed by atoms with van der Waals surface area (Å²) in [5.41, 5.74) is 5.82. The predicted molar refractivity (Wildman–Crippen MR) is 192 cm³/mol. The summed E-state index contributed by atoms with van der Waals surface area (Å²) in [6.07, 6.45) is 1.65. The van der Waals surface area contributed by atoms with Crippen molar-refractivity contribution in [2.45, 2.75) is 24.0 Å². The minimum absolute atomic E-state index is 0.0994. The van der Waals surface area contributed by atoms with Crippen LogP contribution in [0.3, 0.4) is 0 Å². The van der Waals surface area contributed by atoms with Gasteiger partial charge < -0.3 is 20.4 Å². The zero-order valence-electron chi connectivity index (χ0n) is 26.3. The van der Waals surface area contributed by atoms with Crippen LogP contribution >= 0.6 is 11.8 Å². The molecule has 0 spiro atoms. The smallest absolute Gasteiger partial charge is 0.272 e. The molecule has 0 bridgehead atoms. The van der Waals surface area contributed by atoms with Gasteiger partial charge in [-0.15, -0.1) is 11.8 Å². The Labute approximate surface area is 282 Å². The summed E-state index contributed by atoms with van der Waals surface area (Å²) in [5, 5.41) is 8.19. The van der Waals surface area contributed by atoms with Crippen molar-refractivity contribution in [3.63, 3.8) is 0 Å². The molecule has 3 N–H and O–H groups in total. The van der Waals surface area contributed by atoms with E-state index in [0.29, 0.717) is 28.4 Å². The van der Waals surface area contributed by atoms with Gasteiger partial charge >= 0.3 is 0 Å². The largest absolute Gasteiger partial charge is 0.436 e. The number of amides is 3. The topological polar surface area (TPSA) is 113 Å². The van der Waals surface area contributed by atoms with Gasteiger partial charge in [0.05, 0.1) is 5.25 Å². The van der Waals surface area contributed by atoms with Crippen LogP contribution in [0.4, 0.5) is 11.4 Å². The highest BCUT2D eigenvalue weighted by Crippen LogP contribution is 2.28. The van der Waals surface area contributed by atoms with Crippen molar-refractivity contribution in [3.05, 3.63) is 150 Å². The minimum atomic E-state index is -0.477. The van der Waals surface area contributed by atoms with E-state index in [2.05, 4.69) is 20.9 Å². The highest BCUT2D eigenvalue weighted by molar-refractivity contribution is 8.00. The third-order valence-corrected chi connectivity index (χ3v) is 8.44. The van der Waals surface area contributed by atoms with Crippen LogP contribution in [0, 0.1) is 6.92 Å². The first-order valence-electron chi connectivity index (χ1n) is 15.3. The first-order valence-corrected chi connectivity index (χ1v) is 16.2. The molecule has 238 valence electrons. The molecular weight excluding hydrogens is 621 g/mol. The number of carbonyl (C=O) groups is 3. The van der Waals surface area contributed by atoms with Crippen LogP contribution in [-0.4, -0.2) is 28.0 Å². The van der Waals surface area contributed by atoms with Gasteiger partial charge in [0.1, 0.15) is 11.2 Å². The highest BCUT2D eigenvalue weighted by Gasteiger charge is 2.18. The maximum Gasteiger partial charge on any atom is 0.272 e. The first-order chi connectivity index (χ1) is 23.3. The fraction of sp³-hybridized carbons (Fsp3) is 0.0769. The van der Waals surface area contributed by atoms with Gasteiger partial charge in [0, 0.05) is 27.4 Å². The van der Waals surface area contributed by atoms with Crippen molar-refractivity contribution in [2.75, 3.05) is 10.6 Å². The molecule has 0 aliphatic carbocycles. The number of fused-ring (bicyclic) bond motifs is 1. The number of rotatable bonds is 10. The lowest BCUT2D eigenvalue weighted by Crippen LogP contribution is -2.30. The maximum absolute atomic E-state index is 13.5. The van der Waals surface area contributed by atoms with Crippen LogP contribution in [0.5, 0.6) is 0 Å². The zero-order chi connectivity index (χ0) is 33.5. The van der Waals surface area contributed by atoms with Crippen LogP contribution in [0.15, 0.2) is 142 Å². The molecule has 0 radical (unpaired) electrons. The predicted octanol–water partition coefficient (Wildman–Crippen LogP) is 8.33. The van der Waals surface area contributed by atoms with E-state index in [4.69, 9.17) is 4.42 Å². The van der Waals surface area contributed by atoms with Crippen molar-refractivity contribution in [2.24, 2.45) is 0 Å². The first kappa shape index (κ1) is 32.0. The van der Waals surface area contributed by atoms with Gasteiger partial charge in [0.2, 0.25) is 11.8 Å². The zero-order valence-corrected chi connectivity index (χ0v) is 27.1. The number of oxazole rings is 1. The fourth-order valence-corrected chi connectivity index (χ4v) is 5.83. The molecule has 48 heavy (non-hydrogen) atoms. The number of aromatic nitrogens is 1. The number of para-hydroxylation sites is 2. The molecule has 0 saturated carbocycles. The van der Waals surface area contributed by atoms with E-state index in [9.17, 15) is 14.4 Å². The Balaban J connectivity index is 1.10. The monoisotopic (exact) mass is 652 g/mol. The van der Waals surface area contributed by atoms with Gasteiger partial charge in [0.15, 0.2) is 5.58 Å². The van der Waals surface area contributed by atoms with Gasteiger partial charge in [-0.2, -0.15) is 0 Å². The summed E-state index contributed by atoms with van der Waals surface area (Å²) in [5.74, 6) is -0.526. The SMILES string of the molecule is Cc1cccc(/C=C(/NC(=O)c2ccccc2)C(=O)Nc2cccc(SC(C)C(=O)Nc3ccc(-c4nc5ccccc5o4)cc3)c2)c1. The average Bonchev–Trinajstić information content (AvgIpc) is 3.53. The molecule has 5 aromatic carbocycles. The van der Waals surface area contributed by atoms with Gasteiger partial charge in [-0.3, -0.25) is 14.4 Å². The van der Waals surface area contributed by atoms with Crippen molar-refractivity contribution in [3.8, 4) is 11.5 Å². The Morgan fingerprint density at radius 3 is 2.29 bits per heavy atom. The Morgan fingerprint density at radius 2 is 1.52 bits per heavy atom. The van der Waals surface area contributed by atoms with Crippen molar-refractivity contribution in [1.29, 1.82) is 0 Å². The number of nitrogens with zero attached hydrogens (tertiary/aromatic N) is 1. The van der Waals surface area contributed by atoms with E-state index in [1.165, 1.54) is 11.8 Å². The second-order valence-electron chi connectivity index (χ2n) is 11.1. The van der Waals surface area contributed by atoms with E-state index in [1.807, 2.05) is 98.8 Å². The number of nitrogens with one attached hydrogen (secondary N) is 3. The third kappa shape index (κ3) is 8.07. The summed E-state index contributed by atoms with van der Waals surface area (Å²) in [6.45, 7) is 3.78. The molecule has 8 nitrogen and oxygen atoms in total. The van der Waals surface area contributed by atoms with Crippen molar-refractivity contribution < 1.29 is 18.8 Å². The number of hydrogen-bond donors (Lipinski definition) is 3. The Bertz CT molecular complexity index is 2090. The highest BCUT2D eigenvalue weighted by atomic mass is 32.2. The standard InChI is InChI=1S/C39H32N4O4S/c1-25-10-8-11-27(22-25)23-34(42-37(45)28-12-4-3-5-13-28)38(46)41-31-14-9-15-32(24-31)48-26(2)36(44)40-30-20-18-29(19-21-30)39-43-33-16-6-7-17-35(33)47-39/h3-24,26H,1-2H3,(H,40,44)(H,41,46)(H,42,45)/b34-23+. The third-order valence-electron chi connectivity index (χ3n) is 7.35. The number of aryl methyl sites for hydroxylation is 1. The molecular formula is C39H32N4O4S. The molecule has 0 fully saturated rings. The molecule has 1 heterocycles. The number of anilines is 2. The van der Waals surface area contributed by atoms with E-state index < -0.39 is 17.1 Å². The quantitative estimate of drug-likeness (QED) is 0.101. The van der Waals surface area contributed by atoms with Crippen LogP contribution < -0.4 is 16.0 Å². The second-order valence-corrected chi connectivity index (χ2v) is 12.5. The number of hydrogen-bond acceptors (Lipinski definition) is 6. The van der Waals surface area contributed by atoms with E-state index in [-0.39, 0.29) is 11.6 Å².